The number of fused-ring (bicyclic) bond motifs is 1. The monoisotopic (exact) mass is 419 g/mol. The molecule has 0 spiro atoms. The molecule has 0 saturated carbocycles. The van der Waals surface area contributed by atoms with Gasteiger partial charge in [0.05, 0.1) is 16.2 Å². The van der Waals surface area contributed by atoms with Crippen LogP contribution in [0.2, 0.25) is 10.0 Å². The number of anilines is 1. The number of carbonyl (C=O) groups excluding carboxylic acids is 1. The number of allylic oxidation sites excluding steroid dienone is 2. The second-order valence-corrected chi connectivity index (χ2v) is 8.16. The fourth-order valence-corrected chi connectivity index (χ4v) is 4.06. The number of hydrogen-bond donors (Lipinski definition) is 1. The van der Waals surface area contributed by atoms with Crippen LogP contribution in [0.5, 0.6) is 0 Å². The molecular formula is C22H27Cl2N3O. The van der Waals surface area contributed by atoms with E-state index in [1.165, 1.54) is 25.7 Å². The lowest BCUT2D eigenvalue weighted by Gasteiger charge is -2.30. The smallest absolute Gasteiger partial charge is 0.163 e. The zero-order chi connectivity index (χ0) is 20.1. The van der Waals surface area contributed by atoms with Gasteiger partial charge in [0.15, 0.2) is 5.78 Å². The Balaban J connectivity index is 1.82. The normalized spacial score (nSPS) is 16.1. The van der Waals surface area contributed by atoms with Crippen LogP contribution in [0.15, 0.2) is 41.7 Å². The summed E-state index contributed by atoms with van der Waals surface area (Å²) >= 11 is 12.4. The summed E-state index contributed by atoms with van der Waals surface area (Å²) in [6.45, 7) is 4.16. The maximum atomic E-state index is 13.2. The number of aromatic nitrogens is 2. The highest BCUT2D eigenvalue weighted by atomic mass is 35.5. The van der Waals surface area contributed by atoms with Gasteiger partial charge >= 0.3 is 0 Å². The van der Waals surface area contributed by atoms with Crippen LogP contribution in [0.1, 0.15) is 70.4 Å². The molecule has 1 atom stereocenters. The first-order valence-electron chi connectivity index (χ1n) is 10.0. The molecule has 0 fully saturated rings. The molecule has 1 aliphatic heterocycles. The quantitative estimate of drug-likeness (QED) is 0.454. The van der Waals surface area contributed by atoms with Crippen molar-refractivity contribution >= 4 is 34.8 Å². The predicted molar refractivity (Wildman–Crippen MR) is 116 cm³/mol. The fraction of sp³-hybridized carbons (Fsp3) is 0.455. The van der Waals surface area contributed by atoms with Crippen molar-refractivity contribution in [2.24, 2.45) is 0 Å². The Kier molecular flexibility index (Phi) is 7.19. The third-order valence-corrected chi connectivity index (χ3v) is 5.96. The molecule has 1 aliphatic rings. The minimum absolute atomic E-state index is 0.165. The van der Waals surface area contributed by atoms with Crippen molar-refractivity contribution in [2.45, 2.75) is 64.8 Å². The average Bonchev–Trinajstić information content (AvgIpc) is 3.13. The largest absolute Gasteiger partial charge is 0.344 e. The highest BCUT2D eigenvalue weighted by Crippen LogP contribution is 2.38. The van der Waals surface area contributed by atoms with Crippen LogP contribution in [0.4, 0.5) is 5.82 Å². The summed E-state index contributed by atoms with van der Waals surface area (Å²) in [5.74, 6) is 1.03. The van der Waals surface area contributed by atoms with Crippen LogP contribution >= 0.6 is 23.2 Å². The van der Waals surface area contributed by atoms with Gasteiger partial charge in [0.2, 0.25) is 0 Å². The Morgan fingerprint density at radius 1 is 1.11 bits per heavy atom. The Bertz CT molecular complexity index is 872. The summed E-state index contributed by atoms with van der Waals surface area (Å²) in [5.41, 5.74) is 2.54. The van der Waals surface area contributed by atoms with Crippen LogP contribution in [-0.4, -0.2) is 15.6 Å². The van der Waals surface area contributed by atoms with Crippen LogP contribution in [0.25, 0.3) is 0 Å². The molecule has 6 heteroatoms. The summed E-state index contributed by atoms with van der Waals surface area (Å²) in [4.78, 5) is 13.2. The molecule has 1 unspecified atom stereocenters. The molecule has 4 nitrogen and oxygen atoms in total. The van der Waals surface area contributed by atoms with Crippen LogP contribution in [-0.2, 0) is 4.79 Å². The van der Waals surface area contributed by atoms with Gasteiger partial charge in [-0.2, -0.15) is 5.10 Å². The maximum Gasteiger partial charge on any atom is 0.163 e. The molecule has 0 aliphatic carbocycles. The Hall–Kier alpha value is -1.78. The lowest BCUT2D eigenvalue weighted by molar-refractivity contribution is -0.116. The summed E-state index contributed by atoms with van der Waals surface area (Å²) in [7, 11) is 0. The van der Waals surface area contributed by atoms with Crippen LogP contribution in [0, 0.1) is 0 Å². The predicted octanol–water partition coefficient (Wildman–Crippen LogP) is 6.80. The van der Waals surface area contributed by atoms with Crippen molar-refractivity contribution in [3.05, 3.63) is 57.3 Å². The zero-order valence-electron chi connectivity index (χ0n) is 16.5. The van der Waals surface area contributed by atoms with Crippen molar-refractivity contribution in [3.8, 4) is 0 Å². The van der Waals surface area contributed by atoms with Gasteiger partial charge in [-0.05, 0) is 31.0 Å². The Morgan fingerprint density at radius 3 is 2.61 bits per heavy atom. The SMILES string of the molecule is CCCCCCCCC(=O)C1=C(C)Nc2ccnn2C1c1ccc(Cl)c(Cl)c1. The number of hydrogen-bond acceptors (Lipinski definition) is 3. The van der Waals surface area contributed by atoms with E-state index in [4.69, 9.17) is 23.2 Å². The van der Waals surface area contributed by atoms with E-state index in [-0.39, 0.29) is 11.8 Å². The second kappa shape index (κ2) is 9.62. The summed E-state index contributed by atoms with van der Waals surface area (Å²) in [5, 5.41) is 8.75. The first-order chi connectivity index (χ1) is 13.5. The third kappa shape index (κ3) is 4.61. The highest BCUT2D eigenvalue weighted by molar-refractivity contribution is 6.42. The summed E-state index contributed by atoms with van der Waals surface area (Å²) in [6.07, 6.45) is 9.23. The lowest BCUT2D eigenvalue weighted by Crippen LogP contribution is -2.28. The maximum absolute atomic E-state index is 13.2. The number of rotatable bonds is 9. The molecule has 1 aromatic heterocycles. The van der Waals surface area contributed by atoms with Crippen LogP contribution < -0.4 is 5.32 Å². The Morgan fingerprint density at radius 2 is 1.86 bits per heavy atom. The first-order valence-corrected chi connectivity index (χ1v) is 10.8. The van der Waals surface area contributed by atoms with Gasteiger partial charge in [-0.1, -0.05) is 68.3 Å². The number of carbonyl (C=O) groups is 1. The van der Waals surface area contributed by atoms with Crippen molar-refractivity contribution in [1.29, 1.82) is 0 Å². The standard InChI is InChI=1S/C22H27Cl2N3O/c1-3-4-5-6-7-8-9-19(28)21-15(2)26-20-12-13-25-27(20)22(21)16-10-11-17(23)18(24)14-16/h10-14,22,26H,3-9H2,1-2H3. The van der Waals surface area contributed by atoms with Gasteiger partial charge in [0.1, 0.15) is 11.9 Å². The molecule has 0 bridgehead atoms. The Labute approximate surface area is 176 Å². The van der Waals surface area contributed by atoms with E-state index in [9.17, 15) is 4.79 Å². The molecule has 3 rings (SSSR count). The van der Waals surface area contributed by atoms with Gasteiger partial charge in [0.25, 0.3) is 0 Å². The minimum atomic E-state index is -0.298. The molecule has 0 amide bonds. The molecule has 1 aromatic carbocycles. The molecule has 2 aromatic rings. The first kappa shape index (κ1) is 20.9. The fourth-order valence-electron chi connectivity index (χ4n) is 3.76. The number of halogens is 2. The molecular weight excluding hydrogens is 393 g/mol. The number of nitrogens with one attached hydrogen (secondary N) is 1. The topological polar surface area (TPSA) is 46.9 Å². The van der Waals surface area contributed by atoms with Gasteiger partial charge in [-0.15, -0.1) is 0 Å². The van der Waals surface area contributed by atoms with E-state index in [2.05, 4.69) is 17.3 Å². The molecule has 150 valence electrons. The molecule has 0 saturated heterocycles. The van der Waals surface area contributed by atoms with Crippen LogP contribution in [0.3, 0.4) is 0 Å². The van der Waals surface area contributed by atoms with E-state index in [0.29, 0.717) is 16.5 Å². The van der Waals surface area contributed by atoms with Crippen molar-refractivity contribution < 1.29 is 4.79 Å². The van der Waals surface area contributed by atoms with E-state index in [1.54, 1.807) is 12.3 Å². The molecule has 0 radical (unpaired) electrons. The second-order valence-electron chi connectivity index (χ2n) is 7.34. The zero-order valence-corrected chi connectivity index (χ0v) is 18.0. The molecule has 2 heterocycles. The highest BCUT2D eigenvalue weighted by Gasteiger charge is 2.32. The van der Waals surface area contributed by atoms with E-state index < -0.39 is 0 Å². The third-order valence-electron chi connectivity index (χ3n) is 5.23. The average molecular weight is 420 g/mol. The molecule has 1 N–H and O–H groups in total. The summed E-state index contributed by atoms with van der Waals surface area (Å²) in [6, 6.07) is 7.13. The number of ketones is 1. The van der Waals surface area contributed by atoms with Crippen molar-refractivity contribution in [2.75, 3.05) is 5.32 Å². The van der Waals surface area contributed by atoms with Gasteiger partial charge in [-0.25, -0.2) is 4.68 Å². The van der Waals surface area contributed by atoms with Gasteiger partial charge in [0, 0.05) is 23.8 Å². The van der Waals surface area contributed by atoms with Gasteiger partial charge in [-0.3, -0.25) is 4.79 Å². The van der Waals surface area contributed by atoms with Crippen molar-refractivity contribution in [1.82, 2.24) is 9.78 Å². The molecule has 28 heavy (non-hydrogen) atoms. The lowest BCUT2D eigenvalue weighted by atomic mass is 9.90. The number of benzene rings is 1. The van der Waals surface area contributed by atoms with E-state index >= 15 is 0 Å². The summed E-state index contributed by atoms with van der Waals surface area (Å²) < 4.78 is 1.85. The number of unbranched alkanes of at least 4 members (excludes halogenated alkanes) is 5. The van der Waals surface area contributed by atoms with Crippen molar-refractivity contribution in [3.63, 3.8) is 0 Å². The van der Waals surface area contributed by atoms with Gasteiger partial charge < -0.3 is 5.32 Å². The van der Waals surface area contributed by atoms with E-state index in [0.717, 1.165) is 35.5 Å². The number of nitrogens with zero attached hydrogens (tertiary/aromatic N) is 2. The van der Waals surface area contributed by atoms with E-state index in [1.807, 2.05) is 29.8 Å². The minimum Gasteiger partial charge on any atom is -0.344 e. The number of Topliss-reactive ketones (excluding diaryl/α,β-unsaturated/α-hetero) is 1.